The predicted octanol–water partition coefficient (Wildman–Crippen LogP) is 2.02. The number of nitrogens with zero attached hydrogens (tertiary/aromatic N) is 2. The largest absolute Gasteiger partial charge is 0.497 e. The van der Waals surface area contributed by atoms with Crippen molar-refractivity contribution >= 4 is 11.9 Å². The fraction of sp³-hybridized carbons (Fsp3) is 0.333. The van der Waals surface area contributed by atoms with E-state index in [1.807, 2.05) is 30.3 Å². The molecule has 10 nitrogen and oxygen atoms in total. The molecule has 34 heavy (non-hydrogen) atoms. The van der Waals surface area contributed by atoms with Crippen LogP contribution in [0.4, 0.5) is 0 Å². The average Bonchev–Trinajstić information content (AvgIpc) is 2.81. The number of ether oxygens (including phenoxy) is 2. The number of aliphatic carboxylic acids is 2. The molecule has 4 N–H and O–H groups in total. The first kappa shape index (κ1) is 28.1. The first-order chi connectivity index (χ1) is 16.1. The first-order valence-electron chi connectivity index (χ1n) is 10.2. The van der Waals surface area contributed by atoms with Gasteiger partial charge < -0.3 is 30.1 Å². The van der Waals surface area contributed by atoms with E-state index in [0.29, 0.717) is 24.3 Å². The van der Waals surface area contributed by atoms with Crippen molar-refractivity contribution in [1.29, 1.82) is 5.26 Å². The Hall–Kier alpha value is -3.94. The number of methoxy groups -OCH3 is 1. The van der Waals surface area contributed by atoms with Crippen molar-refractivity contribution < 1.29 is 34.4 Å². The second-order valence-corrected chi connectivity index (χ2v) is 7.73. The maximum absolute atomic E-state index is 10.2. The number of pyridine rings is 1. The first-order valence-corrected chi connectivity index (χ1v) is 10.2. The van der Waals surface area contributed by atoms with Gasteiger partial charge in [0.15, 0.2) is 0 Å². The highest BCUT2D eigenvalue weighted by Gasteiger charge is 2.20. The predicted molar refractivity (Wildman–Crippen MR) is 124 cm³/mol. The van der Waals surface area contributed by atoms with Crippen LogP contribution in [0.15, 0.2) is 54.7 Å². The molecule has 0 amide bonds. The summed E-state index contributed by atoms with van der Waals surface area (Å²) >= 11 is 0. The zero-order chi connectivity index (χ0) is 25.6. The second-order valence-electron chi connectivity index (χ2n) is 7.73. The van der Waals surface area contributed by atoms with Gasteiger partial charge in [0, 0.05) is 30.4 Å². The standard InChI is InChI=1S/C20H25N3O3.C4H4O4/c1-20(2,11-15-6-8-18(25-3)9-7-15)23-13-17(24)14-26-19-16(12-21)5-4-10-22-19;5-3(6)1-2-4(7)8/h4-10,17,23-24H,11,13-14H2,1-3H3;1-2H,(H,5,6)(H,7,8)/b;2-1-. The van der Waals surface area contributed by atoms with Crippen LogP contribution in [0.3, 0.4) is 0 Å². The number of hydrogen-bond donors (Lipinski definition) is 4. The smallest absolute Gasteiger partial charge is 0.328 e. The molecule has 1 aromatic carbocycles. The lowest BCUT2D eigenvalue weighted by Gasteiger charge is -2.28. The number of benzene rings is 1. The summed E-state index contributed by atoms with van der Waals surface area (Å²) in [4.78, 5) is 23.1. The van der Waals surface area contributed by atoms with Gasteiger partial charge in [0.05, 0.1) is 7.11 Å². The van der Waals surface area contributed by atoms with E-state index in [1.165, 1.54) is 5.56 Å². The number of β-amino-alcohol motifs (C(OH)–C–C–N with tert-alkyl or cyclic N) is 1. The zero-order valence-electron chi connectivity index (χ0n) is 19.3. The summed E-state index contributed by atoms with van der Waals surface area (Å²) < 4.78 is 10.6. The molecule has 1 atom stereocenters. The number of carbonyl (C=O) groups is 2. The van der Waals surface area contributed by atoms with E-state index in [2.05, 4.69) is 24.1 Å². The van der Waals surface area contributed by atoms with Crippen molar-refractivity contribution in [2.45, 2.75) is 31.9 Å². The molecule has 1 unspecified atom stereocenters. The Bertz CT molecular complexity index is 982. The molecule has 1 aromatic heterocycles. The Kier molecular flexibility index (Phi) is 11.8. The minimum atomic E-state index is -1.26. The fourth-order valence-corrected chi connectivity index (χ4v) is 2.68. The molecule has 0 fully saturated rings. The average molecular weight is 472 g/mol. The summed E-state index contributed by atoms with van der Waals surface area (Å²) in [5.41, 5.74) is 1.34. The Morgan fingerprint density at radius 2 is 1.79 bits per heavy atom. The van der Waals surface area contributed by atoms with Crippen molar-refractivity contribution in [3.05, 3.63) is 65.9 Å². The summed E-state index contributed by atoms with van der Waals surface area (Å²) in [6.45, 7) is 4.60. The number of rotatable bonds is 11. The third kappa shape index (κ3) is 11.6. The number of aliphatic hydroxyl groups excluding tert-OH is 1. The van der Waals surface area contributed by atoms with Crippen LogP contribution in [0.5, 0.6) is 11.6 Å². The summed E-state index contributed by atoms with van der Waals surface area (Å²) in [6.07, 6.45) is 2.77. The van der Waals surface area contributed by atoms with Crippen LogP contribution in [0.2, 0.25) is 0 Å². The Morgan fingerprint density at radius 3 is 2.32 bits per heavy atom. The molecular weight excluding hydrogens is 442 g/mol. The summed E-state index contributed by atoms with van der Waals surface area (Å²) in [5, 5.41) is 38.1. The van der Waals surface area contributed by atoms with Gasteiger partial charge in [-0.05, 0) is 50.1 Å². The minimum absolute atomic E-state index is 0.0668. The van der Waals surface area contributed by atoms with E-state index < -0.39 is 18.0 Å². The van der Waals surface area contributed by atoms with Gasteiger partial charge in [0.1, 0.15) is 30.1 Å². The maximum Gasteiger partial charge on any atom is 0.328 e. The number of carboxylic acid groups (broad SMARTS) is 2. The Morgan fingerprint density at radius 1 is 1.18 bits per heavy atom. The summed E-state index contributed by atoms with van der Waals surface area (Å²) in [6, 6.07) is 13.3. The van der Waals surface area contributed by atoms with E-state index in [9.17, 15) is 14.7 Å². The molecule has 0 aliphatic carbocycles. The molecule has 1 heterocycles. The fourth-order valence-electron chi connectivity index (χ4n) is 2.68. The van der Waals surface area contributed by atoms with Gasteiger partial charge in [-0.3, -0.25) is 0 Å². The van der Waals surface area contributed by atoms with Gasteiger partial charge in [-0.25, -0.2) is 14.6 Å². The molecule has 0 saturated carbocycles. The lowest BCUT2D eigenvalue weighted by Crippen LogP contribution is -2.46. The molecule has 10 heteroatoms. The van der Waals surface area contributed by atoms with Gasteiger partial charge in [0.25, 0.3) is 0 Å². The second kappa shape index (κ2) is 14.3. The SMILES string of the molecule is COc1ccc(CC(C)(C)NCC(O)COc2ncccc2C#N)cc1.O=C(O)/C=C\C(=O)O. The van der Waals surface area contributed by atoms with Gasteiger partial charge in [0.2, 0.25) is 5.88 Å². The summed E-state index contributed by atoms with van der Waals surface area (Å²) in [7, 11) is 1.65. The molecule has 0 bridgehead atoms. The van der Waals surface area contributed by atoms with Crippen molar-refractivity contribution in [2.24, 2.45) is 0 Å². The molecule has 182 valence electrons. The van der Waals surface area contributed by atoms with Gasteiger partial charge in [-0.15, -0.1) is 0 Å². The molecule has 0 spiro atoms. The van der Waals surface area contributed by atoms with Gasteiger partial charge in [-0.2, -0.15) is 5.26 Å². The number of hydrogen-bond acceptors (Lipinski definition) is 8. The van der Waals surface area contributed by atoms with Crippen LogP contribution in [0.1, 0.15) is 25.0 Å². The number of aliphatic hydroxyl groups is 1. The van der Waals surface area contributed by atoms with E-state index in [4.69, 9.17) is 24.9 Å². The maximum atomic E-state index is 10.2. The van der Waals surface area contributed by atoms with E-state index in [-0.39, 0.29) is 18.0 Å². The van der Waals surface area contributed by atoms with Crippen LogP contribution in [-0.4, -0.2) is 64.1 Å². The molecule has 0 aliphatic rings. The van der Waals surface area contributed by atoms with Crippen molar-refractivity contribution in [1.82, 2.24) is 10.3 Å². The minimum Gasteiger partial charge on any atom is -0.497 e. The lowest BCUT2D eigenvalue weighted by molar-refractivity contribution is -0.134. The van der Waals surface area contributed by atoms with Crippen LogP contribution in [0, 0.1) is 11.3 Å². The molecule has 0 radical (unpaired) electrons. The third-order valence-corrected chi connectivity index (χ3v) is 4.29. The summed E-state index contributed by atoms with van der Waals surface area (Å²) in [5.74, 6) is -1.44. The number of nitrogens with one attached hydrogen (secondary N) is 1. The van der Waals surface area contributed by atoms with Crippen molar-refractivity contribution in [3.63, 3.8) is 0 Å². The van der Waals surface area contributed by atoms with Crippen LogP contribution >= 0.6 is 0 Å². The zero-order valence-corrected chi connectivity index (χ0v) is 19.3. The number of aromatic nitrogens is 1. The number of carboxylic acids is 2. The van der Waals surface area contributed by atoms with Crippen molar-refractivity contribution in [3.8, 4) is 17.7 Å². The molecule has 0 saturated heterocycles. The van der Waals surface area contributed by atoms with Gasteiger partial charge in [-0.1, -0.05) is 12.1 Å². The van der Waals surface area contributed by atoms with Crippen molar-refractivity contribution in [2.75, 3.05) is 20.3 Å². The topological polar surface area (TPSA) is 162 Å². The van der Waals surface area contributed by atoms with Crippen LogP contribution < -0.4 is 14.8 Å². The quantitative estimate of drug-likeness (QED) is 0.357. The lowest BCUT2D eigenvalue weighted by atomic mass is 9.94. The van der Waals surface area contributed by atoms with E-state index in [1.54, 1.807) is 25.4 Å². The highest BCUT2D eigenvalue weighted by molar-refractivity contribution is 5.89. The highest BCUT2D eigenvalue weighted by atomic mass is 16.5. The molecular formula is C24H29N3O7. The third-order valence-electron chi connectivity index (χ3n) is 4.29. The Balaban J connectivity index is 0.000000620. The highest BCUT2D eigenvalue weighted by Crippen LogP contribution is 2.17. The van der Waals surface area contributed by atoms with E-state index in [0.717, 1.165) is 12.2 Å². The molecule has 2 rings (SSSR count). The Labute approximate surface area is 198 Å². The van der Waals surface area contributed by atoms with Crippen LogP contribution in [0.25, 0.3) is 0 Å². The van der Waals surface area contributed by atoms with Crippen LogP contribution in [-0.2, 0) is 16.0 Å². The molecule has 0 aliphatic heterocycles. The number of nitriles is 1. The monoisotopic (exact) mass is 471 g/mol. The van der Waals surface area contributed by atoms with E-state index >= 15 is 0 Å². The molecule has 2 aromatic rings. The normalized spacial score (nSPS) is 11.6. The van der Waals surface area contributed by atoms with Gasteiger partial charge >= 0.3 is 11.9 Å².